The minimum Gasteiger partial charge on any atom is -0.232 e. The molecule has 1 radical (unpaired) electrons. The normalized spacial score (nSPS) is 17.6. The highest BCUT2D eigenvalue weighted by molar-refractivity contribution is 8.22. The van der Waals surface area contributed by atoms with Crippen molar-refractivity contribution in [1.82, 2.24) is 9.97 Å². The Hall–Kier alpha value is -1.09. The summed E-state index contributed by atoms with van der Waals surface area (Å²) in [6.07, 6.45) is 8.56. The van der Waals surface area contributed by atoms with Crippen LogP contribution in [-0.2, 0) is 0 Å². The quantitative estimate of drug-likeness (QED) is 0.503. The predicted octanol–water partition coefficient (Wildman–Crippen LogP) is 1.68. The SMILES string of the molecule is [c]1ccnc([SH]2C=CC=C2)n1. The van der Waals surface area contributed by atoms with Crippen molar-refractivity contribution in [1.29, 1.82) is 0 Å². The van der Waals surface area contributed by atoms with E-state index in [-0.39, 0.29) is 10.9 Å². The third-order valence-electron chi connectivity index (χ3n) is 1.34. The molecule has 1 aliphatic heterocycles. The van der Waals surface area contributed by atoms with Crippen LogP contribution in [0.5, 0.6) is 0 Å². The van der Waals surface area contributed by atoms with E-state index in [4.69, 9.17) is 0 Å². The predicted molar refractivity (Wildman–Crippen MR) is 46.4 cm³/mol. The van der Waals surface area contributed by atoms with Crippen molar-refractivity contribution in [3.8, 4) is 0 Å². The van der Waals surface area contributed by atoms with Crippen LogP contribution in [0, 0.1) is 6.20 Å². The lowest BCUT2D eigenvalue weighted by molar-refractivity contribution is 0.962. The Morgan fingerprint density at radius 3 is 2.73 bits per heavy atom. The van der Waals surface area contributed by atoms with Crippen LogP contribution >= 0.6 is 10.9 Å². The molecule has 0 unspecified atom stereocenters. The zero-order chi connectivity index (χ0) is 7.52. The van der Waals surface area contributed by atoms with Crippen LogP contribution in [-0.4, -0.2) is 9.97 Å². The van der Waals surface area contributed by atoms with Crippen molar-refractivity contribution in [3.05, 3.63) is 41.4 Å². The summed E-state index contributed by atoms with van der Waals surface area (Å²) in [7, 11) is -0.355. The van der Waals surface area contributed by atoms with Crippen LogP contribution in [0.3, 0.4) is 0 Å². The maximum atomic E-state index is 4.14. The van der Waals surface area contributed by atoms with Gasteiger partial charge in [0.1, 0.15) is 0 Å². The van der Waals surface area contributed by atoms with Gasteiger partial charge in [0.05, 0.1) is 6.20 Å². The van der Waals surface area contributed by atoms with Gasteiger partial charge in [0.25, 0.3) is 0 Å². The highest BCUT2D eigenvalue weighted by Crippen LogP contribution is 2.38. The molecule has 3 heteroatoms. The molecule has 0 saturated carbocycles. The lowest BCUT2D eigenvalue weighted by Gasteiger charge is -2.04. The summed E-state index contributed by atoms with van der Waals surface area (Å²) < 4.78 is 0. The van der Waals surface area contributed by atoms with Gasteiger partial charge in [0.2, 0.25) is 0 Å². The van der Waals surface area contributed by atoms with E-state index in [1.54, 1.807) is 12.3 Å². The number of thiol groups is 1. The van der Waals surface area contributed by atoms with Crippen LogP contribution in [0.15, 0.2) is 40.4 Å². The van der Waals surface area contributed by atoms with Crippen LogP contribution < -0.4 is 0 Å². The highest BCUT2D eigenvalue weighted by atomic mass is 32.2. The smallest absolute Gasteiger partial charge is 0.175 e. The van der Waals surface area contributed by atoms with Gasteiger partial charge in [-0.05, 0) is 16.9 Å². The van der Waals surface area contributed by atoms with E-state index < -0.39 is 0 Å². The molecule has 0 bridgehead atoms. The Kier molecular flexibility index (Phi) is 1.73. The summed E-state index contributed by atoms with van der Waals surface area (Å²) in [5, 5.41) is 5.13. The second-order valence-electron chi connectivity index (χ2n) is 2.08. The molecule has 1 aromatic heterocycles. The zero-order valence-electron chi connectivity index (χ0n) is 5.81. The molecule has 1 aromatic rings. The minimum atomic E-state index is -0.355. The topological polar surface area (TPSA) is 25.8 Å². The molecule has 0 N–H and O–H groups in total. The third kappa shape index (κ3) is 1.33. The first-order valence-electron chi connectivity index (χ1n) is 3.29. The average molecular weight is 163 g/mol. The lowest BCUT2D eigenvalue weighted by atomic mass is 10.6. The number of hydrogen-bond donors (Lipinski definition) is 1. The van der Waals surface area contributed by atoms with E-state index in [1.165, 1.54) is 0 Å². The zero-order valence-corrected chi connectivity index (χ0v) is 6.70. The average Bonchev–Trinajstić information content (AvgIpc) is 2.58. The van der Waals surface area contributed by atoms with Gasteiger partial charge in [-0.1, -0.05) is 12.2 Å². The number of allylic oxidation sites excluding steroid dienone is 2. The van der Waals surface area contributed by atoms with Crippen molar-refractivity contribution in [3.63, 3.8) is 0 Å². The fraction of sp³-hybridized carbons (Fsp3) is 0. The summed E-state index contributed by atoms with van der Waals surface area (Å²) in [6.45, 7) is 0. The fourth-order valence-corrected chi connectivity index (χ4v) is 2.16. The molecule has 11 heavy (non-hydrogen) atoms. The maximum absolute atomic E-state index is 4.14. The third-order valence-corrected chi connectivity index (χ3v) is 3.00. The van der Waals surface area contributed by atoms with E-state index in [0.717, 1.165) is 5.16 Å². The molecule has 2 nitrogen and oxygen atoms in total. The molecule has 2 rings (SSSR count). The highest BCUT2D eigenvalue weighted by Gasteiger charge is 2.03. The van der Waals surface area contributed by atoms with Crippen LogP contribution in [0.4, 0.5) is 0 Å². The molecule has 0 fully saturated rings. The molecule has 0 aromatic carbocycles. The van der Waals surface area contributed by atoms with E-state index in [0.29, 0.717) is 0 Å². The largest absolute Gasteiger partial charge is 0.232 e. The molecule has 0 spiro atoms. The fourth-order valence-electron chi connectivity index (χ4n) is 0.853. The van der Waals surface area contributed by atoms with Crippen LogP contribution in [0.25, 0.3) is 0 Å². The molecular formula is C8H7N2S. The van der Waals surface area contributed by atoms with E-state index in [1.807, 2.05) is 12.2 Å². The van der Waals surface area contributed by atoms with Gasteiger partial charge >= 0.3 is 0 Å². The van der Waals surface area contributed by atoms with Crippen LogP contribution in [0.2, 0.25) is 0 Å². The van der Waals surface area contributed by atoms with Gasteiger partial charge in [-0.2, -0.15) is 10.9 Å². The van der Waals surface area contributed by atoms with Crippen molar-refractivity contribution in [2.24, 2.45) is 0 Å². The van der Waals surface area contributed by atoms with Crippen molar-refractivity contribution in [2.75, 3.05) is 0 Å². The van der Waals surface area contributed by atoms with E-state index >= 15 is 0 Å². The molecular weight excluding hydrogens is 156 g/mol. The summed E-state index contributed by atoms with van der Waals surface area (Å²) in [4.78, 5) is 8.20. The van der Waals surface area contributed by atoms with Gasteiger partial charge in [0.15, 0.2) is 5.16 Å². The van der Waals surface area contributed by atoms with Gasteiger partial charge in [0, 0.05) is 6.20 Å². The number of rotatable bonds is 1. The monoisotopic (exact) mass is 163 g/mol. The maximum Gasteiger partial charge on any atom is 0.175 e. The van der Waals surface area contributed by atoms with Crippen molar-refractivity contribution >= 4 is 10.9 Å². The Labute approximate surface area is 68.0 Å². The summed E-state index contributed by atoms with van der Waals surface area (Å²) in [6, 6.07) is 1.71. The lowest BCUT2D eigenvalue weighted by Crippen LogP contribution is -1.84. The summed E-state index contributed by atoms with van der Waals surface area (Å²) in [5.41, 5.74) is 0. The first-order valence-corrected chi connectivity index (χ1v) is 4.77. The Balaban J connectivity index is 2.30. The van der Waals surface area contributed by atoms with Gasteiger partial charge in [-0.25, -0.2) is 9.97 Å². The molecule has 1 aliphatic rings. The second kappa shape index (κ2) is 2.88. The van der Waals surface area contributed by atoms with Crippen LogP contribution in [0.1, 0.15) is 0 Å². The van der Waals surface area contributed by atoms with Gasteiger partial charge < -0.3 is 0 Å². The van der Waals surface area contributed by atoms with Gasteiger partial charge in [-0.3, -0.25) is 0 Å². The first kappa shape index (κ1) is 6.61. The van der Waals surface area contributed by atoms with Crippen molar-refractivity contribution < 1.29 is 0 Å². The number of hydrogen-bond acceptors (Lipinski definition) is 2. The molecule has 55 valence electrons. The van der Waals surface area contributed by atoms with Gasteiger partial charge in [-0.15, -0.1) is 0 Å². The molecule has 2 heterocycles. The molecule has 0 atom stereocenters. The summed E-state index contributed by atoms with van der Waals surface area (Å²) >= 11 is 0. The molecule has 0 aliphatic carbocycles. The number of aromatic nitrogens is 2. The Morgan fingerprint density at radius 1 is 1.27 bits per heavy atom. The van der Waals surface area contributed by atoms with Crippen molar-refractivity contribution in [2.45, 2.75) is 5.16 Å². The van der Waals surface area contributed by atoms with E-state index in [2.05, 4.69) is 27.0 Å². The molecule has 0 saturated heterocycles. The molecule has 0 amide bonds. The Bertz CT molecular complexity index is 280. The number of nitrogens with zero attached hydrogens (tertiary/aromatic N) is 2. The first-order chi connectivity index (χ1) is 5.47. The second-order valence-corrected chi connectivity index (χ2v) is 3.89. The Morgan fingerprint density at radius 2 is 2.09 bits per heavy atom. The standard InChI is InChI=1S/C8H7N2S/c1-2-7-11(6-1)8-9-4-3-5-10-8/h1-4,6-7,11H. The minimum absolute atomic E-state index is 0.355. The van der Waals surface area contributed by atoms with E-state index in [9.17, 15) is 0 Å². The summed E-state index contributed by atoms with van der Waals surface area (Å²) in [5.74, 6) is 0.